The number of amides is 1. The van der Waals surface area contributed by atoms with E-state index in [2.05, 4.69) is 19.2 Å². The number of nitrogens with one attached hydrogen (secondary N) is 1. The van der Waals surface area contributed by atoms with E-state index in [0.29, 0.717) is 12.5 Å². The summed E-state index contributed by atoms with van der Waals surface area (Å²) in [5.41, 5.74) is 0. The lowest BCUT2D eigenvalue weighted by Gasteiger charge is -2.21. The van der Waals surface area contributed by atoms with Crippen LogP contribution in [0.15, 0.2) is 0 Å². The van der Waals surface area contributed by atoms with E-state index in [1.165, 1.54) is 0 Å². The molecule has 0 saturated carbocycles. The van der Waals surface area contributed by atoms with Crippen LogP contribution in [0, 0.1) is 11.8 Å². The molecule has 0 bridgehead atoms. The first kappa shape index (κ1) is 13.8. The molecule has 1 heterocycles. The number of aliphatic hydroxyl groups excluding tert-OH is 1. The number of aliphatic hydroxyl groups is 1. The van der Waals surface area contributed by atoms with Crippen LogP contribution in [0.4, 0.5) is 0 Å². The first-order valence-corrected chi connectivity index (χ1v) is 7.38. The minimum Gasteiger partial charge on any atom is -0.391 e. The fraction of sp³-hybridized carbons (Fsp3) is 0.917. The van der Waals surface area contributed by atoms with E-state index in [-0.39, 0.29) is 11.8 Å². The maximum absolute atomic E-state index is 11.7. The third kappa shape index (κ3) is 3.98. The van der Waals surface area contributed by atoms with E-state index in [0.717, 1.165) is 30.8 Å². The summed E-state index contributed by atoms with van der Waals surface area (Å²) in [6.07, 6.45) is 2.52. The Labute approximate surface area is 102 Å². The van der Waals surface area contributed by atoms with Crippen molar-refractivity contribution in [1.82, 2.24) is 5.32 Å². The van der Waals surface area contributed by atoms with Gasteiger partial charge >= 0.3 is 0 Å². The van der Waals surface area contributed by atoms with Crippen molar-refractivity contribution in [3.8, 4) is 0 Å². The fourth-order valence-corrected chi connectivity index (χ4v) is 3.31. The van der Waals surface area contributed by atoms with Crippen molar-refractivity contribution in [3.05, 3.63) is 0 Å². The van der Waals surface area contributed by atoms with Gasteiger partial charge in [0.2, 0.25) is 5.91 Å². The molecule has 0 aromatic rings. The highest BCUT2D eigenvalue weighted by Crippen LogP contribution is 2.23. The monoisotopic (exact) mass is 245 g/mol. The number of thioether (sulfide) groups is 1. The highest BCUT2D eigenvalue weighted by molar-refractivity contribution is 7.99. The summed E-state index contributed by atoms with van der Waals surface area (Å²) in [6, 6.07) is 0. The largest absolute Gasteiger partial charge is 0.391 e. The van der Waals surface area contributed by atoms with E-state index in [1.807, 2.05) is 11.8 Å². The van der Waals surface area contributed by atoms with Gasteiger partial charge in [-0.05, 0) is 18.1 Å². The van der Waals surface area contributed by atoms with Gasteiger partial charge in [-0.3, -0.25) is 4.79 Å². The van der Waals surface area contributed by atoms with Crippen LogP contribution < -0.4 is 5.32 Å². The molecule has 94 valence electrons. The average Bonchev–Trinajstić information content (AvgIpc) is 2.81. The zero-order valence-electron chi connectivity index (χ0n) is 10.2. The van der Waals surface area contributed by atoms with E-state index in [4.69, 9.17) is 0 Å². The number of carbonyl (C=O) groups excluding carboxylic acids is 1. The summed E-state index contributed by atoms with van der Waals surface area (Å²) >= 11 is 1.84. The third-order valence-electron chi connectivity index (χ3n) is 3.38. The second kappa shape index (κ2) is 7.17. The molecule has 0 aliphatic carbocycles. The molecule has 1 amide bonds. The third-order valence-corrected chi connectivity index (χ3v) is 4.54. The van der Waals surface area contributed by atoms with Crippen LogP contribution in [0.5, 0.6) is 0 Å². The van der Waals surface area contributed by atoms with Crippen molar-refractivity contribution >= 4 is 17.7 Å². The summed E-state index contributed by atoms with van der Waals surface area (Å²) in [5, 5.41) is 12.8. The molecular formula is C12H23NO2S. The van der Waals surface area contributed by atoms with Crippen LogP contribution in [-0.2, 0) is 4.79 Å². The van der Waals surface area contributed by atoms with Gasteiger partial charge < -0.3 is 10.4 Å². The Balaban J connectivity index is 2.24. The molecule has 0 radical (unpaired) electrons. The molecule has 0 aromatic heterocycles. The van der Waals surface area contributed by atoms with Gasteiger partial charge in [-0.2, -0.15) is 11.8 Å². The lowest BCUT2D eigenvalue weighted by Crippen LogP contribution is -2.39. The summed E-state index contributed by atoms with van der Waals surface area (Å²) < 4.78 is 0. The molecule has 1 rings (SSSR count). The Hall–Kier alpha value is -0.220. The SMILES string of the molecule is CCC(CC)C(O)CNC(=O)C1CCSC1. The van der Waals surface area contributed by atoms with Crippen LogP contribution in [0.2, 0.25) is 0 Å². The molecule has 16 heavy (non-hydrogen) atoms. The standard InChI is InChI=1S/C12H23NO2S/c1-3-9(4-2)11(14)7-13-12(15)10-5-6-16-8-10/h9-11,14H,3-8H2,1-2H3,(H,13,15). The Bertz CT molecular complexity index is 213. The van der Waals surface area contributed by atoms with Crippen LogP contribution >= 0.6 is 11.8 Å². The second-order valence-corrected chi connectivity index (χ2v) is 5.60. The summed E-state index contributed by atoms with van der Waals surface area (Å²) in [7, 11) is 0. The number of hydrogen-bond donors (Lipinski definition) is 2. The predicted octanol–water partition coefficient (Wildman–Crippen LogP) is 1.65. The van der Waals surface area contributed by atoms with Gasteiger partial charge in [-0.1, -0.05) is 26.7 Å². The smallest absolute Gasteiger partial charge is 0.224 e. The molecule has 1 fully saturated rings. The highest BCUT2D eigenvalue weighted by Gasteiger charge is 2.24. The van der Waals surface area contributed by atoms with E-state index in [1.54, 1.807) is 0 Å². The lowest BCUT2D eigenvalue weighted by atomic mass is 9.96. The Morgan fingerprint density at radius 3 is 2.69 bits per heavy atom. The van der Waals surface area contributed by atoms with Crippen LogP contribution in [0.1, 0.15) is 33.1 Å². The molecule has 0 aromatic carbocycles. The maximum atomic E-state index is 11.7. The van der Waals surface area contributed by atoms with Gasteiger partial charge in [0, 0.05) is 18.2 Å². The topological polar surface area (TPSA) is 49.3 Å². The number of hydrogen-bond acceptors (Lipinski definition) is 3. The van der Waals surface area contributed by atoms with Crippen molar-refractivity contribution in [2.45, 2.75) is 39.2 Å². The Kier molecular flexibility index (Phi) is 6.21. The molecule has 1 aliphatic heterocycles. The van der Waals surface area contributed by atoms with Gasteiger partial charge in [-0.15, -0.1) is 0 Å². The summed E-state index contributed by atoms with van der Waals surface area (Å²) in [4.78, 5) is 11.7. The summed E-state index contributed by atoms with van der Waals surface area (Å²) in [5.74, 6) is 2.62. The highest BCUT2D eigenvalue weighted by atomic mass is 32.2. The molecule has 4 heteroatoms. The van der Waals surface area contributed by atoms with Crippen LogP contribution in [0.25, 0.3) is 0 Å². The van der Waals surface area contributed by atoms with Gasteiger partial charge in [0.25, 0.3) is 0 Å². The number of carbonyl (C=O) groups is 1. The Morgan fingerprint density at radius 1 is 1.50 bits per heavy atom. The van der Waals surface area contributed by atoms with Crippen LogP contribution in [-0.4, -0.2) is 35.2 Å². The molecule has 0 spiro atoms. The van der Waals surface area contributed by atoms with Crippen molar-refractivity contribution in [2.75, 3.05) is 18.1 Å². The van der Waals surface area contributed by atoms with Crippen molar-refractivity contribution in [1.29, 1.82) is 0 Å². The quantitative estimate of drug-likeness (QED) is 0.748. The molecule has 3 nitrogen and oxygen atoms in total. The Morgan fingerprint density at radius 2 is 2.19 bits per heavy atom. The molecule has 1 aliphatic rings. The molecule has 2 atom stereocenters. The average molecular weight is 245 g/mol. The van der Waals surface area contributed by atoms with Gasteiger partial charge in [-0.25, -0.2) is 0 Å². The van der Waals surface area contributed by atoms with Crippen molar-refractivity contribution in [2.24, 2.45) is 11.8 Å². The lowest BCUT2D eigenvalue weighted by molar-refractivity contribution is -0.124. The first-order chi connectivity index (χ1) is 7.69. The van der Waals surface area contributed by atoms with Gasteiger partial charge in [0.05, 0.1) is 6.10 Å². The zero-order valence-corrected chi connectivity index (χ0v) is 11.1. The zero-order chi connectivity index (χ0) is 12.0. The molecular weight excluding hydrogens is 222 g/mol. The van der Waals surface area contributed by atoms with E-state index < -0.39 is 6.10 Å². The molecule has 2 unspecified atom stereocenters. The van der Waals surface area contributed by atoms with Crippen LogP contribution in [0.3, 0.4) is 0 Å². The predicted molar refractivity (Wildman–Crippen MR) is 68.5 cm³/mol. The minimum atomic E-state index is -0.395. The van der Waals surface area contributed by atoms with Crippen molar-refractivity contribution < 1.29 is 9.90 Å². The summed E-state index contributed by atoms with van der Waals surface area (Å²) in [6.45, 7) is 4.56. The minimum absolute atomic E-state index is 0.120. The van der Waals surface area contributed by atoms with Gasteiger partial charge in [0.15, 0.2) is 0 Å². The second-order valence-electron chi connectivity index (χ2n) is 4.45. The van der Waals surface area contributed by atoms with Gasteiger partial charge in [0.1, 0.15) is 0 Å². The molecule has 2 N–H and O–H groups in total. The maximum Gasteiger partial charge on any atom is 0.224 e. The molecule has 1 saturated heterocycles. The normalized spacial score (nSPS) is 22.4. The fourth-order valence-electron chi connectivity index (χ4n) is 2.09. The van der Waals surface area contributed by atoms with E-state index in [9.17, 15) is 9.90 Å². The van der Waals surface area contributed by atoms with Crippen molar-refractivity contribution in [3.63, 3.8) is 0 Å². The first-order valence-electron chi connectivity index (χ1n) is 6.22. The van der Waals surface area contributed by atoms with E-state index >= 15 is 0 Å². The number of rotatable bonds is 6.